The van der Waals surface area contributed by atoms with E-state index in [4.69, 9.17) is 14.5 Å². The molecule has 1 aliphatic carbocycles. The molecule has 2 aliphatic rings. The van der Waals surface area contributed by atoms with Crippen molar-refractivity contribution >= 4 is 5.91 Å². The monoisotopic (exact) mass is 417 g/mol. The average molecular weight is 418 g/mol. The molecule has 1 amide bonds. The Morgan fingerprint density at radius 2 is 1.97 bits per heavy atom. The number of methoxy groups -OCH3 is 2. The van der Waals surface area contributed by atoms with Crippen molar-refractivity contribution in [3.8, 4) is 22.8 Å². The largest absolute Gasteiger partial charge is 0.493 e. The van der Waals surface area contributed by atoms with Crippen LogP contribution in [0.5, 0.6) is 11.5 Å². The smallest absolute Gasteiger partial charge is 0.254 e. The third-order valence-corrected chi connectivity index (χ3v) is 6.11. The zero-order valence-electron chi connectivity index (χ0n) is 18.0. The lowest BCUT2D eigenvalue weighted by Gasteiger charge is -2.23. The number of rotatable bonds is 7. The maximum atomic E-state index is 13.4. The Bertz CT molecular complexity index is 1100. The lowest BCUT2D eigenvalue weighted by atomic mass is 10.1. The Morgan fingerprint density at radius 3 is 2.71 bits per heavy atom. The van der Waals surface area contributed by atoms with Crippen LogP contribution in [0.25, 0.3) is 11.3 Å². The Hall–Kier alpha value is -3.28. The fourth-order valence-electron chi connectivity index (χ4n) is 4.31. The molecule has 6 nitrogen and oxygen atoms in total. The van der Waals surface area contributed by atoms with E-state index in [-0.39, 0.29) is 5.91 Å². The molecule has 0 atom stereocenters. The molecule has 3 aromatic rings. The van der Waals surface area contributed by atoms with Gasteiger partial charge in [-0.2, -0.15) is 0 Å². The summed E-state index contributed by atoms with van der Waals surface area (Å²) in [7, 11) is 3.18. The van der Waals surface area contributed by atoms with Gasteiger partial charge in [0, 0.05) is 42.9 Å². The van der Waals surface area contributed by atoms with Crippen molar-refractivity contribution in [2.75, 3.05) is 14.2 Å². The predicted octanol–water partition coefficient (Wildman–Crippen LogP) is 4.32. The minimum atomic E-state index is 0.0230. The van der Waals surface area contributed by atoms with E-state index in [2.05, 4.69) is 35.0 Å². The fourth-order valence-corrected chi connectivity index (χ4v) is 4.31. The van der Waals surface area contributed by atoms with Crippen LogP contribution in [0, 0.1) is 0 Å². The van der Waals surface area contributed by atoms with Crippen molar-refractivity contribution in [2.24, 2.45) is 0 Å². The van der Waals surface area contributed by atoms with Crippen LogP contribution in [0.15, 0.2) is 48.7 Å². The van der Waals surface area contributed by atoms with Gasteiger partial charge in [-0.25, -0.2) is 4.98 Å². The number of amides is 1. The second kappa shape index (κ2) is 8.10. The summed E-state index contributed by atoms with van der Waals surface area (Å²) in [4.78, 5) is 20.1. The number of imidazole rings is 1. The molecular formula is C25H27N3O3. The van der Waals surface area contributed by atoms with E-state index in [0.29, 0.717) is 29.6 Å². The van der Waals surface area contributed by atoms with Crippen molar-refractivity contribution in [1.82, 2.24) is 14.5 Å². The number of aryl methyl sites for hydroxylation is 2. The quantitative estimate of drug-likeness (QED) is 0.575. The molecule has 1 aromatic heterocycles. The minimum Gasteiger partial charge on any atom is -0.493 e. The van der Waals surface area contributed by atoms with Crippen molar-refractivity contribution in [3.05, 3.63) is 65.6 Å². The average Bonchev–Trinajstić information content (AvgIpc) is 3.41. The molecule has 1 aliphatic heterocycles. The van der Waals surface area contributed by atoms with Gasteiger partial charge in [-0.1, -0.05) is 18.2 Å². The molecular weight excluding hydrogens is 390 g/mol. The van der Waals surface area contributed by atoms with Gasteiger partial charge in [0.25, 0.3) is 5.91 Å². The standard InChI is InChI=1S/C25H27N3O3/c1-30-22-11-8-19(14-23(22)31-2)25(29)28(20-9-10-20)15-17-5-3-6-18(13-17)21-16-27-12-4-7-24(27)26-21/h3,5-6,8,11,13-14,16,20H,4,7,9-10,12,15H2,1-2H3. The molecule has 1 saturated carbocycles. The fraction of sp³-hybridized carbons (Fsp3) is 0.360. The topological polar surface area (TPSA) is 56.6 Å². The summed E-state index contributed by atoms with van der Waals surface area (Å²) in [5, 5.41) is 0. The summed E-state index contributed by atoms with van der Waals surface area (Å²) in [5.41, 5.74) is 3.85. The first kappa shape index (κ1) is 19.7. The Morgan fingerprint density at radius 1 is 1.13 bits per heavy atom. The number of nitrogens with zero attached hydrogens (tertiary/aromatic N) is 3. The normalized spacial score (nSPS) is 14.9. The number of ether oxygens (including phenoxy) is 2. The molecule has 0 unspecified atom stereocenters. The van der Waals surface area contributed by atoms with Gasteiger partial charge in [-0.05, 0) is 49.1 Å². The van der Waals surface area contributed by atoms with Gasteiger partial charge in [0.2, 0.25) is 0 Å². The highest BCUT2D eigenvalue weighted by Crippen LogP contribution is 2.33. The van der Waals surface area contributed by atoms with E-state index >= 15 is 0 Å². The molecule has 1 fully saturated rings. The molecule has 0 N–H and O–H groups in total. The number of fused-ring (bicyclic) bond motifs is 1. The highest BCUT2D eigenvalue weighted by Gasteiger charge is 2.33. The number of carbonyl (C=O) groups excluding carboxylic acids is 1. The van der Waals surface area contributed by atoms with Crippen LogP contribution in [0.2, 0.25) is 0 Å². The van der Waals surface area contributed by atoms with Crippen LogP contribution in [0.3, 0.4) is 0 Å². The van der Waals surface area contributed by atoms with Gasteiger partial charge < -0.3 is 18.9 Å². The van der Waals surface area contributed by atoms with Gasteiger partial charge >= 0.3 is 0 Å². The van der Waals surface area contributed by atoms with Crippen LogP contribution in [-0.4, -0.2) is 40.6 Å². The third-order valence-electron chi connectivity index (χ3n) is 6.11. The molecule has 0 radical (unpaired) electrons. The van der Waals surface area contributed by atoms with Gasteiger partial charge in [-0.3, -0.25) is 4.79 Å². The SMILES string of the molecule is COc1ccc(C(=O)N(Cc2cccc(-c3cn4c(n3)CCC4)c2)C2CC2)cc1OC. The molecule has 6 heteroatoms. The Labute approximate surface area is 182 Å². The van der Waals surface area contributed by atoms with Gasteiger partial charge in [0.15, 0.2) is 11.5 Å². The maximum Gasteiger partial charge on any atom is 0.254 e. The second-order valence-corrected chi connectivity index (χ2v) is 8.27. The van der Waals surface area contributed by atoms with Crippen LogP contribution in [0.1, 0.15) is 41.0 Å². The molecule has 0 spiro atoms. The number of hydrogen-bond donors (Lipinski definition) is 0. The minimum absolute atomic E-state index is 0.0230. The molecule has 2 aromatic carbocycles. The summed E-state index contributed by atoms with van der Waals surface area (Å²) in [6, 6.07) is 14.1. The number of aromatic nitrogens is 2. The van der Waals surface area contributed by atoms with Crippen LogP contribution in [-0.2, 0) is 19.5 Å². The van der Waals surface area contributed by atoms with E-state index in [1.54, 1.807) is 26.4 Å². The van der Waals surface area contributed by atoms with Crippen molar-refractivity contribution in [3.63, 3.8) is 0 Å². The second-order valence-electron chi connectivity index (χ2n) is 8.27. The van der Waals surface area contributed by atoms with E-state index in [9.17, 15) is 4.79 Å². The molecule has 31 heavy (non-hydrogen) atoms. The zero-order chi connectivity index (χ0) is 21.4. The zero-order valence-corrected chi connectivity index (χ0v) is 18.0. The highest BCUT2D eigenvalue weighted by molar-refractivity contribution is 5.95. The Kier molecular flexibility index (Phi) is 5.14. The number of carbonyl (C=O) groups is 1. The van der Waals surface area contributed by atoms with Crippen LogP contribution < -0.4 is 9.47 Å². The molecule has 5 rings (SSSR count). The van der Waals surface area contributed by atoms with Crippen molar-refractivity contribution in [2.45, 2.75) is 44.8 Å². The summed E-state index contributed by atoms with van der Waals surface area (Å²) in [5.74, 6) is 2.38. The summed E-state index contributed by atoms with van der Waals surface area (Å²) in [6.07, 6.45) is 6.47. The molecule has 0 bridgehead atoms. The third kappa shape index (κ3) is 3.90. The summed E-state index contributed by atoms with van der Waals surface area (Å²) in [6.45, 7) is 1.64. The lowest BCUT2D eigenvalue weighted by molar-refractivity contribution is 0.0729. The van der Waals surface area contributed by atoms with Crippen molar-refractivity contribution in [1.29, 1.82) is 0 Å². The first-order valence-electron chi connectivity index (χ1n) is 10.8. The van der Waals surface area contributed by atoms with Crippen LogP contribution >= 0.6 is 0 Å². The van der Waals surface area contributed by atoms with Crippen LogP contribution in [0.4, 0.5) is 0 Å². The van der Waals surface area contributed by atoms with E-state index in [1.807, 2.05) is 11.0 Å². The highest BCUT2D eigenvalue weighted by atomic mass is 16.5. The first-order valence-corrected chi connectivity index (χ1v) is 10.8. The van der Waals surface area contributed by atoms with Crippen molar-refractivity contribution < 1.29 is 14.3 Å². The molecule has 2 heterocycles. The Balaban J connectivity index is 1.39. The first-order chi connectivity index (χ1) is 15.2. The van der Waals surface area contributed by atoms with E-state index < -0.39 is 0 Å². The predicted molar refractivity (Wildman–Crippen MR) is 118 cm³/mol. The maximum absolute atomic E-state index is 13.4. The summed E-state index contributed by atoms with van der Waals surface area (Å²) < 4.78 is 12.9. The number of benzene rings is 2. The number of hydrogen-bond acceptors (Lipinski definition) is 4. The van der Waals surface area contributed by atoms with Gasteiger partial charge in [0.1, 0.15) is 5.82 Å². The van der Waals surface area contributed by atoms with Gasteiger partial charge in [0.05, 0.1) is 19.9 Å². The van der Waals surface area contributed by atoms with Gasteiger partial charge in [-0.15, -0.1) is 0 Å². The molecule has 160 valence electrons. The lowest BCUT2D eigenvalue weighted by Crippen LogP contribution is -2.32. The van der Waals surface area contributed by atoms with E-state index in [1.165, 1.54) is 12.2 Å². The molecule has 0 saturated heterocycles. The van der Waals surface area contributed by atoms with E-state index in [0.717, 1.165) is 42.6 Å². The summed E-state index contributed by atoms with van der Waals surface area (Å²) >= 11 is 0.